The predicted octanol–water partition coefficient (Wildman–Crippen LogP) is 4.52. The number of aromatic nitrogens is 5. The summed E-state index contributed by atoms with van der Waals surface area (Å²) in [5.74, 6) is 2.55. The third-order valence-electron chi connectivity index (χ3n) is 6.37. The molecule has 0 bridgehead atoms. The van der Waals surface area contributed by atoms with Gasteiger partial charge in [-0.2, -0.15) is 18.3 Å². The van der Waals surface area contributed by atoms with Crippen LogP contribution < -0.4 is 4.74 Å². The van der Waals surface area contributed by atoms with Crippen LogP contribution >= 0.6 is 0 Å². The molecule has 0 amide bonds. The number of ether oxygens (including phenoxy) is 1. The summed E-state index contributed by atoms with van der Waals surface area (Å²) in [5.41, 5.74) is 2.79. The van der Waals surface area contributed by atoms with E-state index < -0.39 is 12.7 Å². The fourth-order valence-corrected chi connectivity index (χ4v) is 4.75. The van der Waals surface area contributed by atoms with Gasteiger partial charge in [-0.25, -0.2) is 14.6 Å². The molecule has 0 N–H and O–H groups in total. The van der Waals surface area contributed by atoms with Crippen LogP contribution in [0.2, 0.25) is 0 Å². The van der Waals surface area contributed by atoms with Gasteiger partial charge in [0, 0.05) is 12.2 Å². The Labute approximate surface area is 190 Å². The lowest BCUT2D eigenvalue weighted by molar-refractivity contribution is -0.147. The highest BCUT2D eigenvalue weighted by Crippen LogP contribution is 2.38. The van der Waals surface area contributed by atoms with Gasteiger partial charge in [-0.1, -0.05) is 6.07 Å². The quantitative estimate of drug-likeness (QED) is 0.573. The third-order valence-corrected chi connectivity index (χ3v) is 6.37. The van der Waals surface area contributed by atoms with Crippen LogP contribution in [0, 0.1) is 0 Å². The molecule has 2 aromatic heterocycles. The summed E-state index contributed by atoms with van der Waals surface area (Å²) in [4.78, 5) is 10.8. The molecule has 2 aliphatic heterocycles. The minimum Gasteiger partial charge on any atom is -0.491 e. The lowest BCUT2D eigenvalue weighted by Crippen LogP contribution is -2.39. The second-order valence-electron chi connectivity index (χ2n) is 9.03. The fourth-order valence-electron chi connectivity index (χ4n) is 4.75. The lowest BCUT2D eigenvalue weighted by atomic mass is 9.88. The first kappa shape index (κ1) is 21.9. The largest absolute Gasteiger partial charge is 0.491 e. The Morgan fingerprint density at radius 1 is 1.12 bits per heavy atom. The van der Waals surface area contributed by atoms with E-state index in [1.807, 2.05) is 23.0 Å². The highest BCUT2D eigenvalue weighted by atomic mass is 19.4. The van der Waals surface area contributed by atoms with Crippen molar-refractivity contribution >= 4 is 0 Å². The van der Waals surface area contributed by atoms with Crippen molar-refractivity contribution in [3.05, 3.63) is 36.3 Å². The van der Waals surface area contributed by atoms with Gasteiger partial charge in [-0.05, 0) is 63.4 Å². The predicted molar refractivity (Wildman–Crippen MR) is 117 cm³/mol. The monoisotopic (exact) mass is 460 g/mol. The van der Waals surface area contributed by atoms with Crippen molar-refractivity contribution in [2.24, 2.45) is 0 Å². The maximum atomic E-state index is 12.7. The van der Waals surface area contributed by atoms with Gasteiger partial charge in [0.15, 0.2) is 5.82 Å². The van der Waals surface area contributed by atoms with Crippen LogP contribution in [0.5, 0.6) is 5.75 Å². The van der Waals surface area contributed by atoms with Gasteiger partial charge in [0.05, 0.1) is 18.7 Å². The van der Waals surface area contributed by atoms with Crippen LogP contribution in [0.25, 0.3) is 22.9 Å². The summed E-state index contributed by atoms with van der Waals surface area (Å²) >= 11 is 0. The number of rotatable bonds is 4. The van der Waals surface area contributed by atoms with Gasteiger partial charge in [0.1, 0.15) is 30.2 Å². The van der Waals surface area contributed by atoms with Crippen LogP contribution in [0.4, 0.5) is 13.2 Å². The molecule has 33 heavy (non-hydrogen) atoms. The zero-order valence-electron chi connectivity index (χ0n) is 18.7. The van der Waals surface area contributed by atoms with Gasteiger partial charge in [-0.15, -0.1) is 0 Å². The van der Waals surface area contributed by atoms with Gasteiger partial charge in [0.2, 0.25) is 0 Å². The fraction of sp³-hybridized carbons (Fsp3) is 0.522. The molecule has 1 saturated heterocycles. The molecule has 0 unspecified atom stereocenters. The zero-order valence-corrected chi connectivity index (χ0v) is 18.7. The summed E-state index contributed by atoms with van der Waals surface area (Å²) in [5, 5.41) is 4.32. The molecule has 0 spiro atoms. The molecule has 0 atom stereocenters. The number of imidazole rings is 1. The molecule has 1 aromatic carbocycles. The molecule has 5 rings (SSSR count). The second-order valence-corrected chi connectivity index (χ2v) is 9.03. The SMILES string of the molecule is CC(C)n1ncnc1-c1cn2c(n1)-c1ccc(C3CCN(CC(F)(F)F)CC3)cc1OCC2. The molecule has 2 aliphatic rings. The van der Waals surface area contributed by atoms with Crippen molar-refractivity contribution in [3.8, 4) is 28.7 Å². The van der Waals surface area contributed by atoms with E-state index in [0.29, 0.717) is 39.1 Å². The molecule has 0 saturated carbocycles. The minimum absolute atomic E-state index is 0.171. The molecule has 176 valence electrons. The van der Waals surface area contributed by atoms with Crippen LogP contribution in [0.3, 0.4) is 0 Å². The lowest BCUT2D eigenvalue weighted by Gasteiger charge is -2.32. The first-order valence-corrected chi connectivity index (χ1v) is 11.3. The normalized spacial score (nSPS) is 17.5. The average Bonchev–Trinajstić information content (AvgIpc) is 3.37. The van der Waals surface area contributed by atoms with Crippen LogP contribution in [0.15, 0.2) is 30.7 Å². The Morgan fingerprint density at radius 2 is 1.91 bits per heavy atom. The topological polar surface area (TPSA) is 61.0 Å². The molecule has 10 heteroatoms. The first-order valence-electron chi connectivity index (χ1n) is 11.3. The second kappa shape index (κ2) is 8.48. The summed E-state index contributed by atoms with van der Waals surface area (Å²) in [6.45, 7) is 5.36. The summed E-state index contributed by atoms with van der Waals surface area (Å²) in [7, 11) is 0. The summed E-state index contributed by atoms with van der Waals surface area (Å²) in [6, 6.07) is 6.30. The molecule has 4 heterocycles. The summed E-state index contributed by atoms with van der Waals surface area (Å²) in [6.07, 6.45) is 0.801. The van der Waals surface area contributed by atoms with E-state index >= 15 is 0 Å². The highest BCUT2D eigenvalue weighted by Gasteiger charge is 2.33. The van der Waals surface area contributed by atoms with E-state index in [1.54, 1.807) is 6.33 Å². The molecule has 1 fully saturated rings. The number of fused-ring (bicyclic) bond motifs is 3. The summed E-state index contributed by atoms with van der Waals surface area (Å²) < 4.78 is 48.0. The van der Waals surface area contributed by atoms with E-state index in [0.717, 1.165) is 34.2 Å². The van der Waals surface area contributed by atoms with Gasteiger partial charge in [-0.3, -0.25) is 4.90 Å². The van der Waals surface area contributed by atoms with Crippen molar-refractivity contribution in [1.82, 2.24) is 29.2 Å². The maximum absolute atomic E-state index is 12.7. The number of nitrogens with zero attached hydrogens (tertiary/aromatic N) is 6. The van der Waals surface area contributed by atoms with E-state index in [2.05, 4.69) is 34.6 Å². The zero-order chi connectivity index (χ0) is 23.2. The van der Waals surface area contributed by atoms with E-state index in [1.165, 1.54) is 4.90 Å². The average molecular weight is 461 g/mol. The molecule has 3 aromatic rings. The Morgan fingerprint density at radius 3 is 2.64 bits per heavy atom. The Hall–Kier alpha value is -2.88. The van der Waals surface area contributed by atoms with Crippen molar-refractivity contribution in [1.29, 1.82) is 0 Å². The van der Waals surface area contributed by atoms with Crippen molar-refractivity contribution < 1.29 is 17.9 Å². The van der Waals surface area contributed by atoms with Gasteiger partial charge < -0.3 is 9.30 Å². The Balaban J connectivity index is 1.39. The van der Waals surface area contributed by atoms with Crippen LogP contribution in [0.1, 0.15) is 44.2 Å². The van der Waals surface area contributed by atoms with Crippen molar-refractivity contribution in [2.75, 3.05) is 26.2 Å². The number of piperidine rings is 1. The number of hydrogen-bond donors (Lipinski definition) is 0. The Bertz CT molecular complexity index is 1130. The van der Waals surface area contributed by atoms with E-state index in [9.17, 15) is 13.2 Å². The van der Waals surface area contributed by atoms with Crippen LogP contribution in [-0.4, -0.2) is 61.6 Å². The first-order chi connectivity index (χ1) is 15.8. The molecular weight excluding hydrogens is 433 g/mol. The number of likely N-dealkylation sites (tertiary alicyclic amines) is 1. The van der Waals surface area contributed by atoms with Gasteiger partial charge in [0.25, 0.3) is 0 Å². The van der Waals surface area contributed by atoms with Crippen molar-refractivity contribution in [2.45, 2.75) is 51.4 Å². The molecule has 0 radical (unpaired) electrons. The smallest absolute Gasteiger partial charge is 0.401 e. The number of halogens is 3. The molecular formula is C23H27F3N6O. The van der Waals surface area contributed by atoms with E-state index in [4.69, 9.17) is 9.72 Å². The Kier molecular flexibility index (Phi) is 5.64. The third kappa shape index (κ3) is 4.48. The van der Waals surface area contributed by atoms with Crippen molar-refractivity contribution in [3.63, 3.8) is 0 Å². The molecule has 7 nitrogen and oxygen atoms in total. The van der Waals surface area contributed by atoms with Crippen LogP contribution in [-0.2, 0) is 6.54 Å². The number of alkyl halides is 3. The standard InChI is InChI=1S/C23H27F3N6O/c1-15(2)32-22(27-14-28-32)19-12-31-9-10-33-20-11-17(3-4-18(20)21(31)29-19)16-5-7-30(8-6-16)13-23(24,25)26/h3-4,11-12,14-16H,5-10,13H2,1-2H3. The maximum Gasteiger partial charge on any atom is 0.401 e. The highest BCUT2D eigenvalue weighted by molar-refractivity contribution is 5.69. The minimum atomic E-state index is -4.14. The molecule has 0 aliphatic carbocycles. The number of hydrogen-bond acceptors (Lipinski definition) is 5. The number of benzene rings is 1. The van der Waals surface area contributed by atoms with E-state index in [-0.39, 0.29) is 12.0 Å². The van der Waals surface area contributed by atoms with Gasteiger partial charge >= 0.3 is 6.18 Å².